The minimum absolute atomic E-state index is 0.620. The van der Waals surface area contributed by atoms with Gasteiger partial charge in [0.1, 0.15) is 0 Å². The van der Waals surface area contributed by atoms with E-state index >= 15 is 0 Å². The molecule has 1 fully saturated rings. The van der Waals surface area contributed by atoms with E-state index in [0.717, 1.165) is 13.1 Å². The van der Waals surface area contributed by atoms with Crippen LogP contribution in [-0.4, -0.2) is 36.8 Å². The minimum atomic E-state index is 0.620. The van der Waals surface area contributed by atoms with Crippen molar-refractivity contribution in [3.05, 3.63) is 36.7 Å². The third kappa shape index (κ3) is 2.31. The third-order valence-corrected chi connectivity index (χ3v) is 3.77. The van der Waals surface area contributed by atoms with E-state index in [2.05, 4.69) is 25.6 Å². The number of aryl methyl sites for hydroxylation is 1. The molecule has 0 aliphatic carbocycles. The average Bonchev–Trinajstić information content (AvgIpc) is 3.06. The molecule has 2 aromatic heterocycles. The molecular weight excluding hydrogens is 226 g/mol. The summed E-state index contributed by atoms with van der Waals surface area (Å²) in [6.07, 6.45) is 10.2. The van der Waals surface area contributed by atoms with Gasteiger partial charge in [-0.15, -0.1) is 0 Å². The van der Waals surface area contributed by atoms with Crippen LogP contribution in [0.5, 0.6) is 0 Å². The third-order valence-electron chi connectivity index (χ3n) is 3.77. The molecule has 0 bridgehead atoms. The number of hydrogen-bond acceptors (Lipinski definition) is 3. The predicted octanol–water partition coefficient (Wildman–Crippen LogP) is 1.28. The lowest BCUT2D eigenvalue weighted by Gasteiger charge is -2.24. The lowest BCUT2D eigenvalue weighted by atomic mass is 10.2. The van der Waals surface area contributed by atoms with E-state index in [1.54, 1.807) is 0 Å². The molecule has 0 radical (unpaired) electrons. The first-order valence-corrected chi connectivity index (χ1v) is 6.49. The van der Waals surface area contributed by atoms with Crippen LogP contribution in [0.1, 0.15) is 18.5 Å². The molecule has 1 atom stereocenters. The molecule has 1 saturated heterocycles. The van der Waals surface area contributed by atoms with E-state index in [1.807, 2.05) is 36.6 Å². The Bertz CT molecular complexity index is 487. The van der Waals surface area contributed by atoms with Crippen LogP contribution >= 0.6 is 0 Å². The van der Waals surface area contributed by atoms with Crippen molar-refractivity contribution >= 4 is 0 Å². The van der Waals surface area contributed by atoms with Gasteiger partial charge >= 0.3 is 0 Å². The molecule has 0 unspecified atom stereocenters. The molecule has 1 aliphatic rings. The zero-order chi connectivity index (χ0) is 12.4. The fourth-order valence-electron chi connectivity index (χ4n) is 2.71. The summed E-state index contributed by atoms with van der Waals surface area (Å²) in [7, 11) is 2.01. The van der Waals surface area contributed by atoms with Gasteiger partial charge in [-0.25, -0.2) is 4.98 Å². The topological polar surface area (TPSA) is 38.9 Å². The summed E-state index contributed by atoms with van der Waals surface area (Å²) in [6, 6.07) is 2.72. The molecule has 3 rings (SSSR count). The van der Waals surface area contributed by atoms with E-state index in [-0.39, 0.29) is 0 Å². The largest absolute Gasteiger partial charge is 0.336 e. The molecule has 96 valence electrons. The zero-order valence-corrected chi connectivity index (χ0v) is 10.7. The Labute approximate surface area is 107 Å². The summed E-state index contributed by atoms with van der Waals surface area (Å²) in [6.45, 7) is 3.22. The summed E-state index contributed by atoms with van der Waals surface area (Å²) in [5.41, 5.74) is 1.28. The Morgan fingerprint density at radius 1 is 1.39 bits per heavy atom. The van der Waals surface area contributed by atoms with Gasteiger partial charge in [-0.05, 0) is 25.5 Å². The van der Waals surface area contributed by atoms with Gasteiger partial charge in [0.05, 0.1) is 12.0 Å². The Morgan fingerprint density at radius 2 is 2.33 bits per heavy atom. The molecule has 18 heavy (non-hydrogen) atoms. The van der Waals surface area contributed by atoms with Gasteiger partial charge in [0.15, 0.2) is 0 Å². The van der Waals surface area contributed by atoms with Gasteiger partial charge < -0.3 is 4.57 Å². The Balaban J connectivity index is 1.66. The molecule has 0 amide bonds. The molecule has 5 heteroatoms. The normalized spacial score (nSPS) is 20.6. The molecule has 0 saturated carbocycles. The quantitative estimate of drug-likeness (QED) is 0.814. The average molecular weight is 245 g/mol. The van der Waals surface area contributed by atoms with E-state index in [4.69, 9.17) is 0 Å². The van der Waals surface area contributed by atoms with Crippen LogP contribution in [0.3, 0.4) is 0 Å². The highest BCUT2D eigenvalue weighted by Gasteiger charge is 2.25. The molecule has 2 aromatic rings. The second-order valence-electron chi connectivity index (χ2n) is 4.97. The van der Waals surface area contributed by atoms with Crippen LogP contribution in [0.25, 0.3) is 0 Å². The summed E-state index contributed by atoms with van der Waals surface area (Å²) in [4.78, 5) is 6.66. The Morgan fingerprint density at radius 3 is 3.06 bits per heavy atom. The SMILES string of the molecule is Cn1nccc1CN1CCC[C@H]1Cn1ccnc1. The van der Waals surface area contributed by atoms with Gasteiger partial charge in [-0.1, -0.05) is 0 Å². The number of hydrogen-bond donors (Lipinski definition) is 0. The van der Waals surface area contributed by atoms with Crippen molar-refractivity contribution in [1.29, 1.82) is 0 Å². The van der Waals surface area contributed by atoms with Crippen molar-refractivity contribution in [2.75, 3.05) is 6.54 Å². The predicted molar refractivity (Wildman–Crippen MR) is 68.9 cm³/mol. The molecule has 5 nitrogen and oxygen atoms in total. The van der Waals surface area contributed by atoms with E-state index in [1.165, 1.54) is 25.1 Å². The number of imidazole rings is 1. The van der Waals surface area contributed by atoms with Crippen molar-refractivity contribution in [3.63, 3.8) is 0 Å². The fraction of sp³-hybridized carbons (Fsp3) is 0.538. The van der Waals surface area contributed by atoms with E-state index in [0.29, 0.717) is 6.04 Å². The van der Waals surface area contributed by atoms with Gasteiger partial charge in [-0.2, -0.15) is 5.10 Å². The number of nitrogens with zero attached hydrogens (tertiary/aromatic N) is 5. The van der Waals surface area contributed by atoms with Crippen molar-refractivity contribution in [2.45, 2.75) is 32.0 Å². The summed E-state index contributed by atoms with van der Waals surface area (Å²) in [5.74, 6) is 0. The molecule has 1 aliphatic heterocycles. The second kappa shape index (κ2) is 4.94. The maximum absolute atomic E-state index is 4.23. The molecular formula is C13H19N5. The van der Waals surface area contributed by atoms with Crippen LogP contribution in [0.15, 0.2) is 31.0 Å². The van der Waals surface area contributed by atoms with Crippen LogP contribution in [-0.2, 0) is 20.1 Å². The Hall–Kier alpha value is -1.62. The van der Waals surface area contributed by atoms with Gasteiger partial charge in [0.25, 0.3) is 0 Å². The van der Waals surface area contributed by atoms with Gasteiger partial charge in [-0.3, -0.25) is 9.58 Å². The van der Waals surface area contributed by atoms with Crippen molar-refractivity contribution < 1.29 is 0 Å². The first kappa shape index (κ1) is 11.5. The summed E-state index contributed by atoms with van der Waals surface area (Å²) in [5, 5.41) is 4.23. The van der Waals surface area contributed by atoms with Gasteiger partial charge in [0, 0.05) is 44.8 Å². The molecule has 0 spiro atoms. The van der Waals surface area contributed by atoms with Gasteiger partial charge in [0.2, 0.25) is 0 Å². The maximum Gasteiger partial charge on any atom is 0.0946 e. The number of likely N-dealkylation sites (tertiary alicyclic amines) is 1. The van der Waals surface area contributed by atoms with Crippen LogP contribution < -0.4 is 0 Å². The van der Waals surface area contributed by atoms with Crippen molar-refractivity contribution in [3.8, 4) is 0 Å². The van der Waals surface area contributed by atoms with Crippen molar-refractivity contribution in [2.24, 2.45) is 7.05 Å². The van der Waals surface area contributed by atoms with E-state index in [9.17, 15) is 0 Å². The second-order valence-corrected chi connectivity index (χ2v) is 4.97. The summed E-state index contributed by atoms with van der Waals surface area (Å²) >= 11 is 0. The smallest absolute Gasteiger partial charge is 0.0946 e. The highest BCUT2D eigenvalue weighted by Crippen LogP contribution is 2.21. The van der Waals surface area contributed by atoms with Crippen LogP contribution in [0.2, 0.25) is 0 Å². The molecule has 0 N–H and O–H groups in total. The Kier molecular flexibility index (Phi) is 3.15. The highest BCUT2D eigenvalue weighted by atomic mass is 15.3. The first-order chi connectivity index (χ1) is 8.83. The van der Waals surface area contributed by atoms with Crippen LogP contribution in [0.4, 0.5) is 0 Å². The lowest BCUT2D eigenvalue weighted by molar-refractivity contribution is 0.219. The van der Waals surface area contributed by atoms with E-state index < -0.39 is 0 Å². The molecule has 0 aromatic carbocycles. The fourth-order valence-corrected chi connectivity index (χ4v) is 2.71. The van der Waals surface area contributed by atoms with Crippen molar-refractivity contribution in [1.82, 2.24) is 24.2 Å². The highest BCUT2D eigenvalue weighted by molar-refractivity contribution is 5.01. The summed E-state index contributed by atoms with van der Waals surface area (Å²) < 4.78 is 4.14. The maximum atomic E-state index is 4.23. The standard InChI is InChI=1S/C13H19N5/c1-16-12(4-5-15-16)10-18-7-2-3-13(18)9-17-8-6-14-11-17/h4-6,8,11,13H,2-3,7,9-10H2,1H3/t13-/m0/s1. The number of aromatic nitrogens is 4. The lowest BCUT2D eigenvalue weighted by Crippen LogP contribution is -2.32. The zero-order valence-electron chi connectivity index (χ0n) is 10.7. The van der Waals surface area contributed by atoms with Crippen LogP contribution in [0, 0.1) is 0 Å². The monoisotopic (exact) mass is 245 g/mol. The number of rotatable bonds is 4. The minimum Gasteiger partial charge on any atom is -0.336 e. The first-order valence-electron chi connectivity index (χ1n) is 6.49. The molecule has 3 heterocycles.